The van der Waals surface area contributed by atoms with Crippen LogP contribution in [0.5, 0.6) is 0 Å². The zero-order valence-corrected chi connectivity index (χ0v) is 12.7. The van der Waals surface area contributed by atoms with Gasteiger partial charge in [0.25, 0.3) is 0 Å². The van der Waals surface area contributed by atoms with Gasteiger partial charge in [0.1, 0.15) is 12.1 Å². The SMILES string of the molecule is CCC1C(=O)N2CCCC2C(=O)N1CCCCSC. The Morgan fingerprint density at radius 2 is 2.05 bits per heavy atom. The molecular formula is C14H24N2O2S. The molecule has 4 nitrogen and oxygen atoms in total. The molecule has 0 bridgehead atoms. The highest BCUT2D eigenvalue weighted by molar-refractivity contribution is 7.98. The summed E-state index contributed by atoms with van der Waals surface area (Å²) in [5, 5.41) is 0. The van der Waals surface area contributed by atoms with Gasteiger partial charge in [0.05, 0.1) is 0 Å². The molecule has 2 amide bonds. The van der Waals surface area contributed by atoms with E-state index in [2.05, 4.69) is 6.26 Å². The van der Waals surface area contributed by atoms with E-state index in [0.717, 1.165) is 50.9 Å². The Hall–Kier alpha value is -0.710. The second-order valence-corrected chi connectivity index (χ2v) is 6.33. The van der Waals surface area contributed by atoms with Gasteiger partial charge in [-0.2, -0.15) is 11.8 Å². The minimum Gasteiger partial charge on any atom is -0.329 e. The number of hydrogen-bond acceptors (Lipinski definition) is 3. The van der Waals surface area contributed by atoms with E-state index < -0.39 is 0 Å². The highest BCUT2D eigenvalue weighted by atomic mass is 32.2. The number of fused-ring (bicyclic) bond motifs is 1. The zero-order valence-electron chi connectivity index (χ0n) is 11.9. The van der Waals surface area contributed by atoms with E-state index in [1.54, 1.807) is 0 Å². The van der Waals surface area contributed by atoms with Crippen LogP contribution in [0.3, 0.4) is 0 Å². The molecule has 2 atom stereocenters. The third-order valence-electron chi connectivity index (χ3n) is 4.15. The Kier molecular flexibility index (Phi) is 5.13. The molecule has 2 aliphatic heterocycles. The first kappa shape index (κ1) is 14.7. The molecule has 2 rings (SSSR count). The van der Waals surface area contributed by atoms with Crippen molar-refractivity contribution >= 4 is 23.6 Å². The minimum atomic E-state index is -0.212. The van der Waals surface area contributed by atoms with Crippen molar-refractivity contribution in [2.75, 3.05) is 25.1 Å². The lowest BCUT2D eigenvalue weighted by Gasteiger charge is -2.42. The lowest BCUT2D eigenvalue weighted by atomic mass is 10.0. The summed E-state index contributed by atoms with van der Waals surface area (Å²) >= 11 is 1.83. The maximum atomic E-state index is 12.5. The molecule has 2 unspecified atom stereocenters. The Bertz CT molecular complexity index is 348. The third-order valence-corrected chi connectivity index (χ3v) is 4.85. The van der Waals surface area contributed by atoms with Crippen molar-refractivity contribution in [2.24, 2.45) is 0 Å². The number of piperazine rings is 1. The fraction of sp³-hybridized carbons (Fsp3) is 0.857. The molecule has 5 heteroatoms. The number of unbranched alkanes of at least 4 members (excludes halogenated alkanes) is 1. The molecule has 0 aliphatic carbocycles. The van der Waals surface area contributed by atoms with Crippen molar-refractivity contribution in [3.05, 3.63) is 0 Å². The summed E-state index contributed by atoms with van der Waals surface area (Å²) < 4.78 is 0. The maximum Gasteiger partial charge on any atom is 0.246 e. The summed E-state index contributed by atoms with van der Waals surface area (Å²) in [4.78, 5) is 28.6. The summed E-state index contributed by atoms with van der Waals surface area (Å²) in [6, 6.07) is -0.369. The highest BCUT2D eigenvalue weighted by Crippen LogP contribution is 2.28. The van der Waals surface area contributed by atoms with Gasteiger partial charge < -0.3 is 9.80 Å². The van der Waals surface area contributed by atoms with Gasteiger partial charge in [-0.05, 0) is 44.1 Å². The van der Waals surface area contributed by atoms with E-state index in [-0.39, 0.29) is 23.9 Å². The summed E-state index contributed by atoms with van der Waals surface area (Å²) in [7, 11) is 0. The highest BCUT2D eigenvalue weighted by Gasteiger charge is 2.46. The van der Waals surface area contributed by atoms with Gasteiger partial charge in [0, 0.05) is 13.1 Å². The molecule has 0 radical (unpaired) electrons. The molecule has 108 valence electrons. The molecule has 0 aromatic rings. The van der Waals surface area contributed by atoms with Crippen LogP contribution >= 0.6 is 11.8 Å². The zero-order chi connectivity index (χ0) is 13.8. The van der Waals surface area contributed by atoms with E-state index >= 15 is 0 Å². The first-order valence-corrected chi connectivity index (χ1v) is 8.70. The smallest absolute Gasteiger partial charge is 0.246 e. The molecule has 19 heavy (non-hydrogen) atoms. The normalized spacial score (nSPS) is 27.1. The summed E-state index contributed by atoms with van der Waals surface area (Å²) in [6.45, 7) is 3.52. The predicted octanol–water partition coefficient (Wildman–Crippen LogP) is 1.74. The minimum absolute atomic E-state index is 0.157. The molecule has 2 heterocycles. The average Bonchev–Trinajstić information content (AvgIpc) is 2.90. The number of hydrogen-bond donors (Lipinski definition) is 0. The number of rotatable bonds is 6. The lowest BCUT2D eigenvalue weighted by molar-refractivity contribution is -0.159. The van der Waals surface area contributed by atoms with Crippen molar-refractivity contribution in [3.63, 3.8) is 0 Å². The average molecular weight is 284 g/mol. The lowest BCUT2D eigenvalue weighted by Crippen LogP contribution is -2.62. The Morgan fingerprint density at radius 1 is 1.26 bits per heavy atom. The molecule has 2 aliphatic rings. The predicted molar refractivity (Wildman–Crippen MR) is 78.1 cm³/mol. The van der Waals surface area contributed by atoms with Gasteiger partial charge in [-0.25, -0.2) is 0 Å². The van der Waals surface area contributed by atoms with Crippen LogP contribution in [0.1, 0.15) is 39.0 Å². The fourth-order valence-electron chi connectivity index (χ4n) is 3.15. The van der Waals surface area contributed by atoms with Gasteiger partial charge in [-0.3, -0.25) is 9.59 Å². The Morgan fingerprint density at radius 3 is 2.74 bits per heavy atom. The molecule has 0 saturated carbocycles. The van der Waals surface area contributed by atoms with Crippen LogP contribution in [0.4, 0.5) is 0 Å². The molecular weight excluding hydrogens is 260 g/mol. The third kappa shape index (κ3) is 2.91. The number of carbonyl (C=O) groups is 2. The van der Waals surface area contributed by atoms with Gasteiger partial charge in [0.15, 0.2) is 0 Å². The van der Waals surface area contributed by atoms with Gasteiger partial charge in [-0.15, -0.1) is 0 Å². The van der Waals surface area contributed by atoms with E-state index in [1.165, 1.54) is 0 Å². The van der Waals surface area contributed by atoms with Crippen LogP contribution in [-0.4, -0.2) is 58.8 Å². The van der Waals surface area contributed by atoms with Crippen LogP contribution in [0.2, 0.25) is 0 Å². The van der Waals surface area contributed by atoms with E-state index in [0.29, 0.717) is 0 Å². The second kappa shape index (κ2) is 6.64. The molecule has 0 N–H and O–H groups in total. The number of thioether (sulfide) groups is 1. The number of carbonyl (C=O) groups excluding carboxylic acids is 2. The van der Waals surface area contributed by atoms with Crippen LogP contribution in [0.15, 0.2) is 0 Å². The van der Waals surface area contributed by atoms with Gasteiger partial charge >= 0.3 is 0 Å². The van der Waals surface area contributed by atoms with Crippen LogP contribution in [0.25, 0.3) is 0 Å². The van der Waals surface area contributed by atoms with Crippen molar-refractivity contribution < 1.29 is 9.59 Å². The number of amides is 2. The van der Waals surface area contributed by atoms with Crippen molar-refractivity contribution in [1.82, 2.24) is 9.80 Å². The summed E-state index contributed by atoms with van der Waals surface area (Å²) in [5.74, 6) is 1.49. The van der Waals surface area contributed by atoms with Crippen LogP contribution in [-0.2, 0) is 9.59 Å². The number of nitrogens with zero attached hydrogens (tertiary/aromatic N) is 2. The van der Waals surface area contributed by atoms with Crippen molar-refractivity contribution in [1.29, 1.82) is 0 Å². The topological polar surface area (TPSA) is 40.6 Å². The molecule has 2 fully saturated rings. The van der Waals surface area contributed by atoms with Crippen molar-refractivity contribution in [2.45, 2.75) is 51.1 Å². The largest absolute Gasteiger partial charge is 0.329 e. The van der Waals surface area contributed by atoms with Crippen molar-refractivity contribution in [3.8, 4) is 0 Å². The quantitative estimate of drug-likeness (QED) is 0.698. The molecule has 2 saturated heterocycles. The molecule has 0 aromatic carbocycles. The van der Waals surface area contributed by atoms with E-state index in [1.807, 2.05) is 28.5 Å². The first-order valence-electron chi connectivity index (χ1n) is 7.30. The Labute approximate surface area is 119 Å². The maximum absolute atomic E-state index is 12.5. The van der Waals surface area contributed by atoms with E-state index in [4.69, 9.17) is 0 Å². The standard InChI is InChI=1S/C14H24N2O2S/c1-3-11-13(17)16-9-6-7-12(16)14(18)15(11)8-4-5-10-19-2/h11-12H,3-10H2,1-2H3. The van der Waals surface area contributed by atoms with Crippen LogP contribution in [0, 0.1) is 0 Å². The summed E-state index contributed by atoms with van der Waals surface area (Å²) in [5.41, 5.74) is 0. The van der Waals surface area contributed by atoms with Gasteiger partial charge in [0.2, 0.25) is 11.8 Å². The molecule has 0 spiro atoms. The second-order valence-electron chi connectivity index (χ2n) is 5.35. The van der Waals surface area contributed by atoms with E-state index in [9.17, 15) is 9.59 Å². The fourth-order valence-corrected chi connectivity index (χ4v) is 3.64. The van der Waals surface area contributed by atoms with Crippen LogP contribution < -0.4 is 0 Å². The first-order chi connectivity index (χ1) is 9.20. The summed E-state index contributed by atoms with van der Waals surface area (Å²) in [6.07, 6.45) is 6.77. The van der Waals surface area contributed by atoms with Gasteiger partial charge in [-0.1, -0.05) is 6.92 Å². The monoisotopic (exact) mass is 284 g/mol. The Balaban J connectivity index is 2.02. The molecule has 0 aromatic heterocycles.